The van der Waals surface area contributed by atoms with Crippen molar-refractivity contribution < 1.29 is 9.59 Å². The van der Waals surface area contributed by atoms with Gasteiger partial charge in [0.05, 0.1) is 11.4 Å². The molecule has 7 nitrogen and oxygen atoms in total. The molecule has 2 atom stereocenters. The second-order valence-corrected chi connectivity index (χ2v) is 10.1. The van der Waals surface area contributed by atoms with E-state index in [1.54, 1.807) is 0 Å². The highest BCUT2D eigenvalue weighted by Gasteiger charge is 2.33. The molecule has 2 amide bonds. The van der Waals surface area contributed by atoms with E-state index >= 15 is 0 Å². The van der Waals surface area contributed by atoms with Crippen molar-refractivity contribution in [2.45, 2.75) is 58.4 Å². The fourth-order valence-corrected chi connectivity index (χ4v) is 5.56. The molecule has 0 bridgehead atoms. The number of amides is 2. The average Bonchev–Trinajstić information content (AvgIpc) is 3.53. The quantitative estimate of drug-likeness (QED) is 0.592. The van der Waals surface area contributed by atoms with Gasteiger partial charge in [0.15, 0.2) is 5.82 Å². The Morgan fingerprint density at radius 2 is 1.63 bits per heavy atom. The third kappa shape index (κ3) is 4.77. The number of carbonyl (C=O) groups is 2. The van der Waals surface area contributed by atoms with Gasteiger partial charge in [-0.25, -0.2) is 4.68 Å². The monoisotopic (exact) mass is 473 g/mol. The van der Waals surface area contributed by atoms with Crippen molar-refractivity contribution in [1.82, 2.24) is 24.6 Å². The van der Waals surface area contributed by atoms with Crippen molar-refractivity contribution in [2.24, 2.45) is 11.8 Å². The lowest BCUT2D eigenvalue weighted by molar-refractivity contribution is -0.127. The normalized spacial score (nSPS) is 21.1. The number of rotatable bonds is 5. The lowest BCUT2D eigenvalue weighted by Gasteiger charge is -2.34. The van der Waals surface area contributed by atoms with Gasteiger partial charge in [-0.05, 0) is 62.8 Å². The number of carbonyl (C=O) groups excluding carboxylic acids is 2. The molecule has 3 heterocycles. The lowest BCUT2D eigenvalue weighted by Crippen LogP contribution is -2.47. The van der Waals surface area contributed by atoms with Crippen LogP contribution in [0.1, 0.15) is 61.5 Å². The molecular weight excluding hydrogens is 438 g/mol. The van der Waals surface area contributed by atoms with Crippen molar-refractivity contribution in [1.29, 1.82) is 0 Å². The number of aryl methyl sites for hydroxylation is 1. The summed E-state index contributed by atoms with van der Waals surface area (Å²) in [6.07, 6.45) is 10.0. The molecule has 1 aliphatic carbocycles. The van der Waals surface area contributed by atoms with E-state index in [2.05, 4.69) is 12.2 Å². The van der Waals surface area contributed by atoms with Crippen molar-refractivity contribution in [3.05, 3.63) is 66.1 Å². The molecule has 2 fully saturated rings. The summed E-state index contributed by atoms with van der Waals surface area (Å²) in [6.45, 7) is 5.30. The van der Waals surface area contributed by atoms with Crippen LogP contribution in [0.3, 0.4) is 0 Å². The van der Waals surface area contributed by atoms with E-state index in [1.807, 2.05) is 75.9 Å². The van der Waals surface area contributed by atoms with Crippen LogP contribution in [0.4, 0.5) is 0 Å². The Morgan fingerprint density at radius 3 is 2.31 bits per heavy atom. The molecule has 1 N–H and O–H groups in total. The van der Waals surface area contributed by atoms with Gasteiger partial charge in [0.25, 0.3) is 5.91 Å². The first-order valence-electron chi connectivity index (χ1n) is 12.9. The van der Waals surface area contributed by atoms with Crippen molar-refractivity contribution in [3.63, 3.8) is 0 Å². The lowest BCUT2D eigenvalue weighted by atomic mass is 9.85. The maximum atomic E-state index is 13.8. The standard InChI is InChI=1S/C28H35N5O2/c1-20-10-6-7-13-24(20)29-26(34)22-14-18-32(19-15-22)28(35)25-21(2)30-33(23-11-4-3-5-12-23)27(25)31-16-8-9-17-31/h3-5,8-9,11-12,16-17,20,22,24H,6-7,10,13-15,18-19H2,1-2H3,(H,29,34)/t20-,24+/m1/s1. The van der Waals surface area contributed by atoms with Gasteiger partial charge in [-0.2, -0.15) is 5.10 Å². The molecule has 2 aromatic heterocycles. The minimum absolute atomic E-state index is 0.0202. The van der Waals surface area contributed by atoms with E-state index in [0.29, 0.717) is 49.1 Å². The third-order valence-corrected chi connectivity index (χ3v) is 7.69. The molecule has 0 radical (unpaired) electrons. The molecule has 3 aromatic rings. The molecular formula is C28H35N5O2. The molecule has 7 heteroatoms. The second-order valence-electron chi connectivity index (χ2n) is 10.1. The maximum absolute atomic E-state index is 13.8. The molecule has 1 aliphatic heterocycles. The average molecular weight is 474 g/mol. The number of para-hydroxylation sites is 1. The van der Waals surface area contributed by atoms with Crippen LogP contribution in [-0.2, 0) is 4.79 Å². The van der Waals surface area contributed by atoms with Crippen LogP contribution < -0.4 is 5.32 Å². The van der Waals surface area contributed by atoms with Crippen LogP contribution in [0.2, 0.25) is 0 Å². The third-order valence-electron chi connectivity index (χ3n) is 7.69. The number of nitrogens with zero attached hydrogens (tertiary/aromatic N) is 4. The zero-order chi connectivity index (χ0) is 24.4. The zero-order valence-corrected chi connectivity index (χ0v) is 20.7. The Bertz CT molecular complexity index is 1160. The number of hydrogen-bond donors (Lipinski definition) is 1. The summed E-state index contributed by atoms with van der Waals surface area (Å²) >= 11 is 0. The Labute approximate surface area is 207 Å². The van der Waals surface area contributed by atoms with Gasteiger partial charge in [-0.15, -0.1) is 0 Å². The second kappa shape index (κ2) is 10.1. The van der Waals surface area contributed by atoms with Crippen LogP contribution in [0.15, 0.2) is 54.9 Å². The van der Waals surface area contributed by atoms with Crippen LogP contribution in [0, 0.1) is 18.8 Å². The van der Waals surface area contributed by atoms with Gasteiger partial charge in [0.1, 0.15) is 5.56 Å². The highest BCUT2D eigenvalue weighted by Crippen LogP contribution is 2.28. The molecule has 184 valence electrons. The molecule has 2 aliphatic rings. The number of hydrogen-bond acceptors (Lipinski definition) is 3. The molecule has 0 spiro atoms. The van der Waals surface area contributed by atoms with Crippen molar-refractivity contribution >= 4 is 11.8 Å². The first-order chi connectivity index (χ1) is 17.0. The van der Waals surface area contributed by atoms with Gasteiger partial charge >= 0.3 is 0 Å². The Morgan fingerprint density at radius 1 is 0.943 bits per heavy atom. The Hall–Kier alpha value is -3.35. The van der Waals surface area contributed by atoms with Gasteiger partial charge in [-0.1, -0.05) is 38.0 Å². The van der Waals surface area contributed by atoms with E-state index in [1.165, 1.54) is 19.3 Å². The predicted octanol–water partition coefficient (Wildman–Crippen LogP) is 4.52. The summed E-state index contributed by atoms with van der Waals surface area (Å²) in [5.41, 5.74) is 2.23. The summed E-state index contributed by atoms with van der Waals surface area (Å²) in [4.78, 5) is 28.6. The highest BCUT2D eigenvalue weighted by atomic mass is 16.2. The fourth-order valence-electron chi connectivity index (χ4n) is 5.56. The van der Waals surface area contributed by atoms with Crippen LogP contribution in [0.5, 0.6) is 0 Å². The van der Waals surface area contributed by atoms with Crippen LogP contribution >= 0.6 is 0 Å². The predicted molar refractivity (Wildman–Crippen MR) is 136 cm³/mol. The van der Waals surface area contributed by atoms with E-state index in [4.69, 9.17) is 5.10 Å². The topological polar surface area (TPSA) is 72.2 Å². The number of aromatic nitrogens is 3. The number of piperidine rings is 1. The number of nitrogens with one attached hydrogen (secondary N) is 1. The minimum Gasteiger partial charge on any atom is -0.353 e. The van der Waals surface area contributed by atoms with Gasteiger partial charge in [0.2, 0.25) is 5.91 Å². The number of likely N-dealkylation sites (tertiary alicyclic amines) is 1. The van der Waals surface area contributed by atoms with Crippen LogP contribution in [0.25, 0.3) is 11.5 Å². The van der Waals surface area contributed by atoms with E-state index in [9.17, 15) is 9.59 Å². The molecule has 35 heavy (non-hydrogen) atoms. The first-order valence-corrected chi connectivity index (χ1v) is 12.9. The molecule has 1 aromatic carbocycles. The highest BCUT2D eigenvalue weighted by molar-refractivity contribution is 5.99. The molecule has 0 unspecified atom stereocenters. The Balaban J connectivity index is 1.32. The van der Waals surface area contributed by atoms with E-state index in [-0.39, 0.29) is 17.7 Å². The minimum atomic E-state index is -0.0229. The SMILES string of the molecule is Cc1nn(-c2ccccc2)c(-n2cccc2)c1C(=O)N1CCC(C(=O)N[C@H]2CCCC[C@H]2C)CC1. The summed E-state index contributed by atoms with van der Waals surface area (Å²) in [5.74, 6) is 1.41. The first kappa shape index (κ1) is 23.4. The van der Waals surface area contributed by atoms with E-state index < -0.39 is 0 Å². The summed E-state index contributed by atoms with van der Waals surface area (Å²) in [5, 5.41) is 8.07. The molecule has 5 rings (SSSR count). The largest absolute Gasteiger partial charge is 0.353 e. The number of benzene rings is 1. The van der Waals surface area contributed by atoms with Crippen molar-refractivity contribution in [2.75, 3.05) is 13.1 Å². The van der Waals surface area contributed by atoms with Crippen molar-refractivity contribution in [3.8, 4) is 11.5 Å². The molecule has 1 saturated carbocycles. The smallest absolute Gasteiger partial charge is 0.259 e. The fraction of sp³-hybridized carbons (Fsp3) is 0.464. The molecule has 1 saturated heterocycles. The van der Waals surface area contributed by atoms with Gasteiger partial charge in [-0.3, -0.25) is 9.59 Å². The zero-order valence-electron chi connectivity index (χ0n) is 20.7. The maximum Gasteiger partial charge on any atom is 0.259 e. The van der Waals surface area contributed by atoms with Crippen LogP contribution in [-0.4, -0.2) is 50.2 Å². The van der Waals surface area contributed by atoms with Gasteiger partial charge < -0.3 is 14.8 Å². The summed E-state index contributed by atoms with van der Waals surface area (Å²) < 4.78 is 3.79. The van der Waals surface area contributed by atoms with Gasteiger partial charge in [0, 0.05) is 37.4 Å². The Kier molecular flexibility index (Phi) is 6.75. The summed E-state index contributed by atoms with van der Waals surface area (Å²) in [7, 11) is 0. The summed E-state index contributed by atoms with van der Waals surface area (Å²) in [6, 6.07) is 14.1. The van der Waals surface area contributed by atoms with E-state index in [0.717, 1.165) is 17.9 Å².